The molecule has 2 nitrogen and oxygen atoms in total. The van der Waals surface area contributed by atoms with E-state index in [0.29, 0.717) is 13.0 Å². The van der Waals surface area contributed by atoms with E-state index in [-0.39, 0.29) is 5.92 Å². The molecule has 2 unspecified atom stereocenters. The van der Waals surface area contributed by atoms with Crippen LogP contribution in [0, 0.1) is 5.92 Å². The van der Waals surface area contributed by atoms with Gasteiger partial charge in [-0.2, -0.15) is 0 Å². The Morgan fingerprint density at radius 3 is 2.92 bits per heavy atom. The van der Waals surface area contributed by atoms with Gasteiger partial charge in [0.1, 0.15) is 5.67 Å². The second kappa shape index (κ2) is 4.91. The lowest BCUT2D eigenvalue weighted by molar-refractivity contribution is -0.0237. The Bertz CT molecular complexity index is 144. The van der Waals surface area contributed by atoms with Crippen molar-refractivity contribution in [2.24, 2.45) is 5.92 Å². The number of alkyl halides is 1. The Balaban J connectivity index is 2.36. The van der Waals surface area contributed by atoms with Crippen LogP contribution in [0.15, 0.2) is 0 Å². The summed E-state index contributed by atoms with van der Waals surface area (Å²) >= 11 is 0. The van der Waals surface area contributed by atoms with Gasteiger partial charge in [-0.25, -0.2) is 4.39 Å². The van der Waals surface area contributed by atoms with Gasteiger partial charge in [0.2, 0.25) is 0 Å². The van der Waals surface area contributed by atoms with Crippen molar-refractivity contribution in [2.45, 2.75) is 31.9 Å². The van der Waals surface area contributed by atoms with E-state index in [4.69, 9.17) is 4.74 Å². The van der Waals surface area contributed by atoms with E-state index in [1.54, 1.807) is 6.92 Å². The molecule has 0 aromatic rings. The zero-order chi connectivity index (χ0) is 9.73. The van der Waals surface area contributed by atoms with Crippen LogP contribution in [-0.2, 0) is 4.74 Å². The summed E-state index contributed by atoms with van der Waals surface area (Å²) < 4.78 is 19.3. The fourth-order valence-electron chi connectivity index (χ4n) is 1.79. The molecule has 0 aromatic heterocycles. The highest BCUT2D eigenvalue weighted by atomic mass is 19.1. The monoisotopic (exact) mass is 189 g/mol. The first kappa shape index (κ1) is 10.9. The first-order valence-electron chi connectivity index (χ1n) is 5.08. The Labute approximate surface area is 79.8 Å². The molecule has 0 aromatic carbocycles. The van der Waals surface area contributed by atoms with E-state index in [1.807, 2.05) is 7.05 Å². The van der Waals surface area contributed by atoms with Crippen LogP contribution in [0.1, 0.15) is 26.2 Å². The number of hydrogen-bond donors (Lipinski definition) is 1. The first-order chi connectivity index (χ1) is 6.17. The summed E-state index contributed by atoms with van der Waals surface area (Å²) in [6.07, 6.45) is 2.55. The third-order valence-electron chi connectivity index (χ3n) is 2.88. The van der Waals surface area contributed by atoms with Gasteiger partial charge in [-0.1, -0.05) is 0 Å². The molecule has 78 valence electrons. The van der Waals surface area contributed by atoms with Crippen molar-refractivity contribution < 1.29 is 9.13 Å². The van der Waals surface area contributed by atoms with Gasteiger partial charge in [0.15, 0.2) is 0 Å². The van der Waals surface area contributed by atoms with Crippen LogP contribution in [0.5, 0.6) is 0 Å². The molecule has 0 bridgehead atoms. The number of halogens is 1. The van der Waals surface area contributed by atoms with Crippen LogP contribution in [-0.4, -0.2) is 32.5 Å². The summed E-state index contributed by atoms with van der Waals surface area (Å²) in [4.78, 5) is 0. The maximum atomic E-state index is 14.0. The lowest BCUT2D eigenvalue weighted by atomic mass is 9.84. The fourth-order valence-corrected chi connectivity index (χ4v) is 1.79. The number of nitrogens with one attached hydrogen (secondary N) is 1. The van der Waals surface area contributed by atoms with Gasteiger partial charge in [-0.15, -0.1) is 0 Å². The molecule has 0 amide bonds. The zero-order valence-corrected chi connectivity index (χ0v) is 8.61. The average molecular weight is 189 g/mol. The van der Waals surface area contributed by atoms with Crippen LogP contribution in [0.3, 0.4) is 0 Å². The van der Waals surface area contributed by atoms with Gasteiger partial charge in [-0.3, -0.25) is 0 Å². The molecule has 1 aliphatic heterocycles. The van der Waals surface area contributed by atoms with Gasteiger partial charge >= 0.3 is 0 Å². The zero-order valence-electron chi connectivity index (χ0n) is 8.61. The van der Waals surface area contributed by atoms with Gasteiger partial charge < -0.3 is 10.1 Å². The maximum absolute atomic E-state index is 14.0. The van der Waals surface area contributed by atoms with Crippen molar-refractivity contribution in [1.82, 2.24) is 5.32 Å². The molecule has 1 saturated heterocycles. The second-order valence-electron chi connectivity index (χ2n) is 4.05. The van der Waals surface area contributed by atoms with Gasteiger partial charge in [0, 0.05) is 12.5 Å². The Morgan fingerprint density at radius 1 is 1.62 bits per heavy atom. The summed E-state index contributed by atoms with van der Waals surface area (Å²) in [5, 5.41) is 2.98. The van der Waals surface area contributed by atoms with Gasteiger partial charge in [-0.05, 0) is 39.8 Å². The predicted octanol–water partition coefficient (Wildman–Crippen LogP) is 1.75. The van der Waals surface area contributed by atoms with E-state index >= 15 is 0 Å². The number of ether oxygens (including phenoxy) is 1. The Kier molecular flexibility index (Phi) is 4.13. The van der Waals surface area contributed by atoms with Crippen molar-refractivity contribution in [1.29, 1.82) is 0 Å². The summed E-state index contributed by atoms with van der Waals surface area (Å²) in [6.45, 7) is 3.84. The number of rotatable bonds is 4. The number of hydrogen-bond acceptors (Lipinski definition) is 2. The molecule has 1 N–H and O–H groups in total. The van der Waals surface area contributed by atoms with Crippen molar-refractivity contribution in [2.75, 3.05) is 26.8 Å². The third-order valence-corrected chi connectivity index (χ3v) is 2.88. The molecule has 1 rings (SSSR count). The molecule has 1 aliphatic rings. The minimum absolute atomic E-state index is 0.0922. The lowest BCUT2D eigenvalue weighted by Crippen LogP contribution is -2.38. The topological polar surface area (TPSA) is 21.3 Å². The largest absolute Gasteiger partial charge is 0.381 e. The molecule has 2 atom stereocenters. The molecular weight excluding hydrogens is 169 g/mol. The van der Waals surface area contributed by atoms with Crippen LogP contribution < -0.4 is 5.32 Å². The van der Waals surface area contributed by atoms with Crippen LogP contribution in [0.2, 0.25) is 0 Å². The van der Waals surface area contributed by atoms with Crippen LogP contribution in [0.25, 0.3) is 0 Å². The summed E-state index contributed by atoms with van der Waals surface area (Å²) in [6, 6.07) is 0. The smallest absolute Gasteiger partial charge is 0.114 e. The standard InChI is InChI=1S/C10H20FNO/c1-10(11,5-6-12-2)9-4-3-7-13-8-9/h9,12H,3-8H2,1-2H3. The van der Waals surface area contributed by atoms with E-state index in [0.717, 1.165) is 26.0 Å². The highest BCUT2D eigenvalue weighted by Gasteiger charge is 2.34. The molecule has 0 aliphatic carbocycles. The van der Waals surface area contributed by atoms with E-state index < -0.39 is 5.67 Å². The maximum Gasteiger partial charge on any atom is 0.114 e. The highest BCUT2D eigenvalue weighted by molar-refractivity contribution is 4.84. The molecule has 1 fully saturated rings. The first-order valence-corrected chi connectivity index (χ1v) is 5.08. The summed E-state index contributed by atoms with van der Waals surface area (Å²) in [7, 11) is 1.85. The van der Waals surface area contributed by atoms with Crippen molar-refractivity contribution in [3.63, 3.8) is 0 Å². The van der Waals surface area contributed by atoms with Crippen LogP contribution in [0.4, 0.5) is 4.39 Å². The summed E-state index contributed by atoms with van der Waals surface area (Å²) in [5.41, 5.74) is -1.07. The average Bonchev–Trinajstić information content (AvgIpc) is 2.16. The second-order valence-corrected chi connectivity index (χ2v) is 4.05. The van der Waals surface area contributed by atoms with Crippen molar-refractivity contribution in [3.8, 4) is 0 Å². The molecule has 3 heteroatoms. The van der Waals surface area contributed by atoms with Crippen LogP contribution >= 0.6 is 0 Å². The SMILES string of the molecule is CNCCC(C)(F)C1CCCOC1. The Morgan fingerprint density at radius 2 is 2.38 bits per heavy atom. The van der Waals surface area contributed by atoms with Gasteiger partial charge in [0.05, 0.1) is 6.61 Å². The molecular formula is C10H20FNO. The van der Waals surface area contributed by atoms with E-state index in [9.17, 15) is 4.39 Å². The highest BCUT2D eigenvalue weighted by Crippen LogP contribution is 2.31. The lowest BCUT2D eigenvalue weighted by Gasteiger charge is -2.33. The third kappa shape index (κ3) is 3.24. The minimum Gasteiger partial charge on any atom is -0.381 e. The van der Waals surface area contributed by atoms with Crippen molar-refractivity contribution >= 4 is 0 Å². The molecule has 13 heavy (non-hydrogen) atoms. The summed E-state index contributed by atoms with van der Waals surface area (Å²) in [5.74, 6) is 0.0922. The predicted molar refractivity (Wildman–Crippen MR) is 51.6 cm³/mol. The fraction of sp³-hybridized carbons (Fsp3) is 1.00. The van der Waals surface area contributed by atoms with Crippen molar-refractivity contribution in [3.05, 3.63) is 0 Å². The molecule has 0 spiro atoms. The molecule has 0 radical (unpaired) electrons. The Hall–Kier alpha value is -0.150. The molecule has 1 heterocycles. The quantitative estimate of drug-likeness (QED) is 0.727. The molecule has 0 saturated carbocycles. The minimum atomic E-state index is -1.07. The van der Waals surface area contributed by atoms with Gasteiger partial charge in [0.25, 0.3) is 0 Å². The van der Waals surface area contributed by atoms with E-state index in [2.05, 4.69) is 5.32 Å². The normalized spacial score (nSPS) is 28.4. The van der Waals surface area contributed by atoms with E-state index in [1.165, 1.54) is 0 Å².